The molecule has 2 aromatic rings. The van der Waals surface area contributed by atoms with Gasteiger partial charge in [0.15, 0.2) is 5.65 Å². The van der Waals surface area contributed by atoms with E-state index in [-0.39, 0.29) is 0 Å². The molecule has 0 aromatic carbocycles. The van der Waals surface area contributed by atoms with Crippen LogP contribution in [0, 0.1) is 5.92 Å². The van der Waals surface area contributed by atoms with Crippen LogP contribution in [0.25, 0.3) is 5.65 Å². The Bertz CT molecular complexity index is 511. The van der Waals surface area contributed by atoms with Gasteiger partial charge < -0.3 is 15.5 Å². The number of hydrogen-bond acceptors (Lipinski definition) is 3. The van der Waals surface area contributed by atoms with E-state index in [4.69, 9.17) is 5.73 Å². The van der Waals surface area contributed by atoms with E-state index < -0.39 is 0 Å². The second-order valence-electron chi connectivity index (χ2n) is 4.84. The minimum absolute atomic E-state index is 0.717. The summed E-state index contributed by atoms with van der Waals surface area (Å²) in [6, 6.07) is 3.85. The van der Waals surface area contributed by atoms with Crippen LogP contribution in [0.15, 0.2) is 24.5 Å². The number of anilines is 1. The first-order valence-electron chi connectivity index (χ1n) is 6.26. The van der Waals surface area contributed by atoms with Crippen molar-refractivity contribution in [3.63, 3.8) is 0 Å². The number of hydrogen-bond donors (Lipinski definition) is 2. The average Bonchev–Trinajstić information content (AvgIpc) is 2.74. The molecule has 4 heteroatoms. The molecule has 17 heavy (non-hydrogen) atoms. The van der Waals surface area contributed by atoms with Crippen molar-refractivity contribution in [2.24, 2.45) is 5.92 Å². The molecule has 0 amide bonds. The Balaban J connectivity index is 1.83. The normalized spacial score (nSPS) is 20.8. The van der Waals surface area contributed by atoms with Crippen molar-refractivity contribution in [3.05, 3.63) is 30.2 Å². The predicted molar refractivity (Wildman–Crippen MR) is 68.9 cm³/mol. The van der Waals surface area contributed by atoms with Gasteiger partial charge in [-0.3, -0.25) is 0 Å². The maximum absolute atomic E-state index is 5.91. The number of rotatable bonds is 2. The quantitative estimate of drug-likeness (QED) is 0.821. The monoisotopic (exact) mass is 230 g/mol. The SMILES string of the molecule is Nc1cccn2cc(CC3CCCNC3)nc12. The van der Waals surface area contributed by atoms with Crippen LogP contribution in [0.3, 0.4) is 0 Å². The third kappa shape index (κ3) is 2.13. The maximum Gasteiger partial charge on any atom is 0.160 e. The van der Waals surface area contributed by atoms with Crippen LogP contribution in [0.2, 0.25) is 0 Å². The number of nitrogens with zero attached hydrogens (tertiary/aromatic N) is 2. The largest absolute Gasteiger partial charge is 0.396 e. The molecule has 0 spiro atoms. The van der Waals surface area contributed by atoms with Crippen molar-refractivity contribution in [1.82, 2.24) is 14.7 Å². The van der Waals surface area contributed by atoms with Crippen LogP contribution in [-0.4, -0.2) is 22.5 Å². The molecule has 1 saturated heterocycles. The molecule has 4 nitrogen and oxygen atoms in total. The summed E-state index contributed by atoms with van der Waals surface area (Å²) in [5, 5.41) is 3.44. The zero-order valence-corrected chi connectivity index (χ0v) is 9.89. The van der Waals surface area contributed by atoms with Gasteiger partial charge >= 0.3 is 0 Å². The Hall–Kier alpha value is -1.55. The molecule has 0 bridgehead atoms. The smallest absolute Gasteiger partial charge is 0.160 e. The lowest BCUT2D eigenvalue weighted by molar-refractivity contribution is 0.374. The lowest BCUT2D eigenvalue weighted by Crippen LogP contribution is -2.30. The molecule has 1 aliphatic heterocycles. The van der Waals surface area contributed by atoms with Gasteiger partial charge in [0.1, 0.15) is 0 Å². The Kier molecular flexibility index (Phi) is 2.73. The third-order valence-electron chi connectivity index (χ3n) is 3.46. The van der Waals surface area contributed by atoms with Crippen molar-refractivity contribution < 1.29 is 0 Å². The molecular formula is C13H18N4. The molecule has 3 N–H and O–H groups in total. The Morgan fingerprint density at radius 3 is 3.24 bits per heavy atom. The first-order chi connectivity index (χ1) is 8.33. The highest BCUT2D eigenvalue weighted by atomic mass is 15.0. The molecule has 2 aromatic heterocycles. The average molecular weight is 230 g/mol. The summed E-state index contributed by atoms with van der Waals surface area (Å²) in [5.74, 6) is 0.717. The Morgan fingerprint density at radius 2 is 2.47 bits per heavy atom. The van der Waals surface area contributed by atoms with Crippen LogP contribution in [0.1, 0.15) is 18.5 Å². The topological polar surface area (TPSA) is 55.4 Å². The van der Waals surface area contributed by atoms with E-state index in [1.54, 1.807) is 0 Å². The van der Waals surface area contributed by atoms with Crippen molar-refractivity contribution in [2.75, 3.05) is 18.8 Å². The third-order valence-corrected chi connectivity index (χ3v) is 3.46. The standard InChI is InChI=1S/C13H18N4/c14-12-4-2-6-17-9-11(16-13(12)17)7-10-3-1-5-15-8-10/h2,4,6,9-10,15H,1,3,5,7-8,14H2. The van der Waals surface area contributed by atoms with Gasteiger partial charge in [-0.15, -0.1) is 0 Å². The fraction of sp³-hybridized carbons (Fsp3) is 0.462. The fourth-order valence-electron chi connectivity index (χ4n) is 2.58. The molecule has 1 fully saturated rings. The van der Waals surface area contributed by atoms with Gasteiger partial charge in [0.05, 0.1) is 11.4 Å². The van der Waals surface area contributed by atoms with Gasteiger partial charge in [0.25, 0.3) is 0 Å². The highest BCUT2D eigenvalue weighted by Crippen LogP contribution is 2.18. The van der Waals surface area contributed by atoms with Crippen LogP contribution in [0.4, 0.5) is 5.69 Å². The van der Waals surface area contributed by atoms with Crippen LogP contribution in [0.5, 0.6) is 0 Å². The summed E-state index contributed by atoms with van der Waals surface area (Å²) in [6.07, 6.45) is 7.73. The van der Waals surface area contributed by atoms with Crippen molar-refractivity contribution >= 4 is 11.3 Å². The molecule has 1 unspecified atom stereocenters. The number of aromatic nitrogens is 2. The molecule has 3 heterocycles. The van der Waals surface area contributed by atoms with E-state index in [0.29, 0.717) is 0 Å². The van der Waals surface area contributed by atoms with E-state index in [1.807, 2.05) is 22.7 Å². The van der Waals surface area contributed by atoms with Gasteiger partial charge in [-0.2, -0.15) is 0 Å². The molecule has 0 saturated carbocycles. The van der Waals surface area contributed by atoms with Gasteiger partial charge in [-0.1, -0.05) is 0 Å². The summed E-state index contributed by atoms with van der Waals surface area (Å²) in [5.41, 5.74) is 8.69. The molecule has 1 aliphatic rings. The Morgan fingerprint density at radius 1 is 1.53 bits per heavy atom. The molecule has 0 aliphatic carbocycles. The van der Waals surface area contributed by atoms with Crippen LogP contribution >= 0.6 is 0 Å². The van der Waals surface area contributed by atoms with Gasteiger partial charge in [0, 0.05) is 12.4 Å². The minimum atomic E-state index is 0.717. The molecular weight excluding hydrogens is 212 g/mol. The van der Waals surface area contributed by atoms with E-state index in [1.165, 1.54) is 12.8 Å². The number of nitrogen functional groups attached to an aromatic ring is 1. The van der Waals surface area contributed by atoms with E-state index in [0.717, 1.165) is 42.5 Å². The lowest BCUT2D eigenvalue weighted by atomic mass is 9.95. The van der Waals surface area contributed by atoms with Crippen molar-refractivity contribution in [3.8, 4) is 0 Å². The number of imidazole rings is 1. The fourth-order valence-corrected chi connectivity index (χ4v) is 2.58. The summed E-state index contributed by atoms with van der Waals surface area (Å²) in [6.45, 7) is 2.28. The second kappa shape index (κ2) is 4.37. The van der Waals surface area contributed by atoms with E-state index in [9.17, 15) is 0 Å². The molecule has 3 rings (SSSR count). The van der Waals surface area contributed by atoms with Gasteiger partial charge in [-0.25, -0.2) is 4.98 Å². The minimum Gasteiger partial charge on any atom is -0.396 e. The van der Waals surface area contributed by atoms with E-state index >= 15 is 0 Å². The number of nitrogens with two attached hydrogens (primary N) is 1. The van der Waals surface area contributed by atoms with Crippen LogP contribution < -0.4 is 11.1 Å². The molecule has 0 radical (unpaired) electrons. The van der Waals surface area contributed by atoms with Crippen LogP contribution in [-0.2, 0) is 6.42 Å². The maximum atomic E-state index is 5.91. The number of piperidine rings is 1. The summed E-state index contributed by atoms with van der Waals surface area (Å²) in [4.78, 5) is 4.62. The zero-order chi connectivity index (χ0) is 11.7. The van der Waals surface area contributed by atoms with Crippen molar-refractivity contribution in [1.29, 1.82) is 0 Å². The Labute approximate surface area is 101 Å². The molecule has 90 valence electrons. The number of nitrogens with one attached hydrogen (secondary N) is 1. The summed E-state index contributed by atoms with van der Waals surface area (Å²) >= 11 is 0. The summed E-state index contributed by atoms with van der Waals surface area (Å²) in [7, 11) is 0. The summed E-state index contributed by atoms with van der Waals surface area (Å²) < 4.78 is 2.01. The number of fused-ring (bicyclic) bond motifs is 1. The predicted octanol–water partition coefficient (Wildman–Crippen LogP) is 1.46. The van der Waals surface area contributed by atoms with Gasteiger partial charge in [-0.05, 0) is 50.4 Å². The lowest BCUT2D eigenvalue weighted by Gasteiger charge is -2.21. The first kappa shape index (κ1) is 10.6. The first-order valence-corrected chi connectivity index (χ1v) is 6.26. The highest BCUT2D eigenvalue weighted by molar-refractivity contribution is 5.64. The second-order valence-corrected chi connectivity index (χ2v) is 4.84. The van der Waals surface area contributed by atoms with E-state index in [2.05, 4.69) is 16.5 Å². The zero-order valence-electron chi connectivity index (χ0n) is 9.89. The number of pyridine rings is 1. The van der Waals surface area contributed by atoms with Crippen molar-refractivity contribution in [2.45, 2.75) is 19.3 Å². The van der Waals surface area contributed by atoms with Gasteiger partial charge in [0.2, 0.25) is 0 Å². The molecule has 1 atom stereocenters. The highest BCUT2D eigenvalue weighted by Gasteiger charge is 2.15.